The van der Waals surface area contributed by atoms with Crippen LogP contribution in [-0.2, 0) is 22.6 Å². The molecule has 3 rings (SSSR count). The van der Waals surface area contributed by atoms with E-state index in [4.69, 9.17) is 16.3 Å². The zero-order valence-corrected chi connectivity index (χ0v) is 24.1. The summed E-state index contributed by atoms with van der Waals surface area (Å²) in [5.41, 5.74) is 1.49. The normalized spacial score (nSPS) is 12.0. The fraction of sp³-hybridized carbons (Fsp3) is 0.355. The monoisotopic (exact) mass is 552 g/mol. The topological polar surface area (TPSA) is 58.6 Å². The lowest BCUT2D eigenvalue weighted by Crippen LogP contribution is -2.54. The molecule has 1 atom stereocenters. The van der Waals surface area contributed by atoms with Crippen molar-refractivity contribution >= 4 is 35.2 Å². The number of carbonyl (C=O) groups excluding carboxylic acids is 2. The maximum Gasteiger partial charge on any atom is 0.243 e. The minimum atomic E-state index is -0.653. The predicted octanol–water partition coefficient (Wildman–Crippen LogP) is 6.78. The molecule has 0 aliphatic rings. The van der Waals surface area contributed by atoms with E-state index in [0.717, 1.165) is 21.8 Å². The molecule has 0 heterocycles. The average Bonchev–Trinajstić information content (AvgIpc) is 2.89. The van der Waals surface area contributed by atoms with E-state index in [1.807, 2.05) is 99.6 Å². The zero-order chi connectivity index (χ0) is 27.5. The van der Waals surface area contributed by atoms with E-state index < -0.39 is 11.6 Å². The summed E-state index contributed by atoms with van der Waals surface area (Å²) in [5.74, 6) is 1.30. The number of methoxy groups -OCH3 is 1. The van der Waals surface area contributed by atoms with Gasteiger partial charge in [-0.15, -0.1) is 11.8 Å². The van der Waals surface area contributed by atoms with E-state index in [1.165, 1.54) is 0 Å². The first-order valence-corrected chi connectivity index (χ1v) is 14.2. The Morgan fingerprint density at radius 1 is 0.974 bits per heavy atom. The molecule has 3 aromatic carbocycles. The number of halogens is 1. The van der Waals surface area contributed by atoms with Crippen LogP contribution < -0.4 is 10.1 Å². The Kier molecular flexibility index (Phi) is 11.1. The van der Waals surface area contributed by atoms with E-state index in [1.54, 1.807) is 23.8 Å². The molecule has 2 amide bonds. The third-order valence-corrected chi connectivity index (χ3v) is 7.22. The first-order valence-electron chi connectivity index (χ1n) is 12.8. The number of carbonyl (C=O) groups is 2. The molecule has 202 valence electrons. The number of amides is 2. The fourth-order valence-corrected chi connectivity index (χ4v) is 5.04. The Hall–Kier alpha value is -2.96. The number of ether oxygens (including phenoxy) is 1. The second kappa shape index (κ2) is 14.3. The van der Waals surface area contributed by atoms with Gasteiger partial charge in [-0.05, 0) is 80.5 Å². The van der Waals surface area contributed by atoms with Crippen LogP contribution in [0.4, 0.5) is 0 Å². The van der Waals surface area contributed by atoms with Crippen LogP contribution in [0.1, 0.15) is 44.7 Å². The van der Waals surface area contributed by atoms with Crippen LogP contribution in [0, 0.1) is 0 Å². The van der Waals surface area contributed by atoms with Gasteiger partial charge < -0.3 is 15.0 Å². The van der Waals surface area contributed by atoms with Gasteiger partial charge >= 0.3 is 0 Å². The van der Waals surface area contributed by atoms with Gasteiger partial charge in [0.2, 0.25) is 11.8 Å². The average molecular weight is 553 g/mol. The van der Waals surface area contributed by atoms with Crippen molar-refractivity contribution in [1.29, 1.82) is 0 Å². The van der Waals surface area contributed by atoms with Gasteiger partial charge in [0.05, 0.1) is 7.11 Å². The summed E-state index contributed by atoms with van der Waals surface area (Å²) in [6.45, 7) is 6.17. The molecule has 0 radical (unpaired) electrons. The third kappa shape index (κ3) is 9.73. The highest BCUT2D eigenvalue weighted by atomic mass is 35.5. The Balaban J connectivity index is 1.82. The number of benzene rings is 3. The molecular formula is C31H37ClN2O3S. The predicted molar refractivity (Wildman–Crippen MR) is 157 cm³/mol. The van der Waals surface area contributed by atoms with Crippen molar-refractivity contribution in [2.24, 2.45) is 0 Å². The molecule has 38 heavy (non-hydrogen) atoms. The van der Waals surface area contributed by atoms with Crippen molar-refractivity contribution in [2.75, 3.05) is 12.9 Å². The molecule has 0 saturated carbocycles. The van der Waals surface area contributed by atoms with Crippen LogP contribution in [0.15, 0.2) is 83.8 Å². The molecule has 0 aliphatic heterocycles. The van der Waals surface area contributed by atoms with Gasteiger partial charge in [-0.2, -0.15) is 0 Å². The summed E-state index contributed by atoms with van der Waals surface area (Å²) >= 11 is 7.68. The molecule has 7 heteroatoms. The lowest BCUT2D eigenvalue weighted by Gasteiger charge is -2.34. The SMILES string of the molecule is COc1cccc(CN(C(=O)CCCSc2ccc(Cl)cc2)C(Cc2ccccc2)C(=O)NC(C)(C)C)c1. The number of rotatable bonds is 12. The van der Waals surface area contributed by atoms with Gasteiger partial charge in [0, 0.05) is 34.8 Å². The summed E-state index contributed by atoms with van der Waals surface area (Å²) in [7, 11) is 1.62. The lowest BCUT2D eigenvalue weighted by molar-refractivity contribution is -0.142. The van der Waals surface area contributed by atoms with Gasteiger partial charge in [-0.1, -0.05) is 54.1 Å². The standard InChI is InChI=1S/C31H37ClN2O3S/c1-31(2,3)33-30(36)28(21-23-10-6-5-7-11-23)34(22-24-12-8-13-26(20-24)37-4)29(35)14-9-19-38-27-17-15-25(32)16-18-27/h5-8,10-13,15-18,20,28H,9,14,19,21-22H2,1-4H3,(H,33,36). The molecule has 3 aromatic rings. The maximum absolute atomic E-state index is 13.7. The minimum Gasteiger partial charge on any atom is -0.497 e. The van der Waals surface area contributed by atoms with Crippen molar-refractivity contribution in [2.45, 2.75) is 63.1 Å². The number of nitrogens with zero attached hydrogens (tertiary/aromatic N) is 1. The van der Waals surface area contributed by atoms with Crippen LogP contribution >= 0.6 is 23.4 Å². The van der Waals surface area contributed by atoms with Gasteiger partial charge in [-0.3, -0.25) is 9.59 Å². The van der Waals surface area contributed by atoms with E-state index in [2.05, 4.69) is 5.32 Å². The van der Waals surface area contributed by atoms with Gasteiger partial charge in [0.15, 0.2) is 0 Å². The second-order valence-corrected chi connectivity index (χ2v) is 11.8. The van der Waals surface area contributed by atoms with Crippen LogP contribution in [-0.4, -0.2) is 41.2 Å². The molecule has 0 aliphatic carbocycles. The lowest BCUT2D eigenvalue weighted by atomic mass is 10.00. The van der Waals surface area contributed by atoms with Crippen molar-refractivity contribution in [3.05, 3.63) is 95.0 Å². The van der Waals surface area contributed by atoms with E-state index >= 15 is 0 Å². The molecule has 5 nitrogen and oxygen atoms in total. The Bertz CT molecular complexity index is 1180. The van der Waals surface area contributed by atoms with Crippen molar-refractivity contribution < 1.29 is 14.3 Å². The van der Waals surface area contributed by atoms with Crippen molar-refractivity contribution in [3.63, 3.8) is 0 Å². The summed E-state index contributed by atoms with van der Waals surface area (Å²) in [5, 5.41) is 3.81. The summed E-state index contributed by atoms with van der Waals surface area (Å²) in [6, 6.07) is 24.5. The van der Waals surface area contributed by atoms with E-state index in [-0.39, 0.29) is 11.8 Å². The third-order valence-electron chi connectivity index (χ3n) is 5.87. The smallest absolute Gasteiger partial charge is 0.243 e. The second-order valence-electron chi connectivity index (χ2n) is 10.2. The fourth-order valence-electron chi connectivity index (χ4n) is 4.06. The van der Waals surface area contributed by atoms with Crippen molar-refractivity contribution in [3.8, 4) is 5.75 Å². The molecule has 0 spiro atoms. The summed E-state index contributed by atoms with van der Waals surface area (Å²) < 4.78 is 5.40. The number of nitrogens with one attached hydrogen (secondary N) is 1. The summed E-state index contributed by atoms with van der Waals surface area (Å²) in [6.07, 6.45) is 1.47. The Morgan fingerprint density at radius 2 is 1.66 bits per heavy atom. The van der Waals surface area contributed by atoms with Gasteiger partial charge in [-0.25, -0.2) is 0 Å². The highest BCUT2D eigenvalue weighted by molar-refractivity contribution is 7.99. The molecule has 1 N–H and O–H groups in total. The van der Waals surface area contributed by atoms with Crippen LogP contribution in [0.5, 0.6) is 5.75 Å². The van der Waals surface area contributed by atoms with E-state index in [0.29, 0.717) is 36.6 Å². The molecule has 0 fully saturated rings. The highest BCUT2D eigenvalue weighted by Crippen LogP contribution is 2.23. The first kappa shape index (κ1) is 29.6. The van der Waals surface area contributed by atoms with E-state index in [9.17, 15) is 9.59 Å². The van der Waals surface area contributed by atoms with Crippen molar-refractivity contribution in [1.82, 2.24) is 10.2 Å². The van der Waals surface area contributed by atoms with Crippen LogP contribution in [0.25, 0.3) is 0 Å². The maximum atomic E-state index is 13.7. The molecule has 0 aromatic heterocycles. The molecule has 0 bridgehead atoms. The van der Waals surface area contributed by atoms with Gasteiger partial charge in [0.1, 0.15) is 11.8 Å². The number of hydrogen-bond acceptors (Lipinski definition) is 4. The highest BCUT2D eigenvalue weighted by Gasteiger charge is 2.32. The minimum absolute atomic E-state index is 0.0467. The van der Waals surface area contributed by atoms with Crippen LogP contribution in [0.3, 0.4) is 0 Å². The number of thioether (sulfide) groups is 1. The zero-order valence-electron chi connectivity index (χ0n) is 22.6. The molecule has 0 saturated heterocycles. The van der Waals surface area contributed by atoms with Gasteiger partial charge in [0.25, 0.3) is 0 Å². The Labute approximate surface area is 235 Å². The number of hydrogen-bond donors (Lipinski definition) is 1. The van der Waals surface area contributed by atoms with Crippen LogP contribution in [0.2, 0.25) is 5.02 Å². The summed E-state index contributed by atoms with van der Waals surface area (Å²) in [4.78, 5) is 30.2. The molecular weight excluding hydrogens is 516 g/mol. The Morgan fingerprint density at radius 3 is 2.32 bits per heavy atom. The first-order chi connectivity index (χ1) is 18.1. The largest absolute Gasteiger partial charge is 0.497 e. The molecule has 1 unspecified atom stereocenters. The quantitative estimate of drug-likeness (QED) is 0.199.